The molecule has 0 aliphatic heterocycles. The Morgan fingerprint density at radius 1 is 1.38 bits per heavy atom. The van der Waals surface area contributed by atoms with Crippen molar-refractivity contribution in [2.75, 3.05) is 13.7 Å². The third kappa shape index (κ3) is 4.16. The fourth-order valence-corrected chi connectivity index (χ4v) is 3.00. The van der Waals surface area contributed by atoms with Crippen LogP contribution in [0.3, 0.4) is 0 Å². The molecule has 0 aromatic heterocycles. The average Bonchev–Trinajstić information content (AvgIpc) is 2.36. The van der Waals surface area contributed by atoms with E-state index in [2.05, 4.69) is 4.72 Å². The highest BCUT2D eigenvalue weighted by atomic mass is 32.2. The molecule has 0 heterocycles. The van der Waals surface area contributed by atoms with Gasteiger partial charge in [0.15, 0.2) is 0 Å². The molecule has 8 heteroatoms. The van der Waals surface area contributed by atoms with Crippen LogP contribution in [0.1, 0.15) is 29.8 Å². The van der Waals surface area contributed by atoms with E-state index < -0.39 is 32.9 Å². The van der Waals surface area contributed by atoms with Gasteiger partial charge in [-0.1, -0.05) is 0 Å². The summed E-state index contributed by atoms with van der Waals surface area (Å²) in [6.45, 7) is 4.92. The van der Waals surface area contributed by atoms with Gasteiger partial charge in [-0.15, -0.1) is 0 Å². The second-order valence-electron chi connectivity index (χ2n) is 5.23. The fourth-order valence-electron chi connectivity index (χ4n) is 1.55. The van der Waals surface area contributed by atoms with Crippen molar-refractivity contribution in [2.45, 2.75) is 31.3 Å². The molecule has 0 saturated heterocycles. The van der Waals surface area contributed by atoms with Gasteiger partial charge in [0.05, 0.1) is 10.5 Å². The number of carbonyl (C=O) groups is 1. The molecule has 3 N–H and O–H groups in total. The zero-order chi connectivity index (χ0) is 16.4. The monoisotopic (exact) mass is 317 g/mol. The lowest BCUT2D eigenvalue weighted by atomic mass is 10.1. The number of benzene rings is 1. The predicted octanol–water partition coefficient (Wildman–Crippen LogP) is 1.10. The molecule has 7 nitrogen and oxygen atoms in total. The van der Waals surface area contributed by atoms with Gasteiger partial charge in [0.1, 0.15) is 11.3 Å². The zero-order valence-electron chi connectivity index (χ0n) is 12.3. The van der Waals surface area contributed by atoms with Gasteiger partial charge in [0.2, 0.25) is 10.0 Å². The molecule has 0 bridgehead atoms. The first kappa shape index (κ1) is 17.4. The van der Waals surface area contributed by atoms with Crippen LogP contribution in [-0.4, -0.2) is 43.9 Å². The largest absolute Gasteiger partial charge is 0.507 e. The van der Waals surface area contributed by atoms with Crippen LogP contribution in [0.4, 0.5) is 0 Å². The number of carboxylic acid groups (broad SMARTS) is 1. The van der Waals surface area contributed by atoms with Crippen molar-refractivity contribution in [1.29, 1.82) is 0 Å². The molecule has 0 radical (unpaired) electrons. The number of phenols is 1. The third-order valence-corrected chi connectivity index (χ3v) is 4.60. The number of hydrogen-bond donors (Lipinski definition) is 3. The summed E-state index contributed by atoms with van der Waals surface area (Å²) in [4.78, 5) is 10.8. The van der Waals surface area contributed by atoms with Crippen LogP contribution in [-0.2, 0) is 14.8 Å². The minimum absolute atomic E-state index is 0.0224. The molecule has 1 rings (SSSR count). The number of ether oxygens (including phenoxy) is 1. The highest BCUT2D eigenvalue weighted by molar-refractivity contribution is 7.89. The highest BCUT2D eigenvalue weighted by Gasteiger charge is 2.25. The highest BCUT2D eigenvalue weighted by Crippen LogP contribution is 2.25. The standard InChI is InChI=1S/C13H19NO6S/c1-8-5-10(15)9(12(16)17)6-11(8)21(18,19)14-7-13(2,3)20-4/h5-6,14-15H,7H2,1-4H3,(H,16,17). The SMILES string of the molecule is COC(C)(C)CNS(=O)(=O)c1cc(C(=O)O)c(O)cc1C. The number of hydrogen-bond acceptors (Lipinski definition) is 5. The third-order valence-electron chi connectivity index (χ3n) is 3.05. The molecule has 0 amide bonds. The quantitative estimate of drug-likeness (QED) is 0.724. The lowest BCUT2D eigenvalue weighted by molar-refractivity contribution is 0.0276. The number of aromatic carboxylic acids is 1. The molecular weight excluding hydrogens is 298 g/mol. The summed E-state index contributed by atoms with van der Waals surface area (Å²) in [6.07, 6.45) is 0. The molecule has 1 aromatic rings. The van der Waals surface area contributed by atoms with E-state index in [1.807, 2.05) is 0 Å². The summed E-state index contributed by atoms with van der Waals surface area (Å²) in [7, 11) is -2.45. The van der Waals surface area contributed by atoms with E-state index in [9.17, 15) is 18.3 Å². The molecule has 0 unspecified atom stereocenters. The Kier molecular flexibility index (Phi) is 4.98. The Hall–Kier alpha value is -1.64. The van der Waals surface area contributed by atoms with Crippen molar-refractivity contribution < 1.29 is 28.2 Å². The fraction of sp³-hybridized carbons (Fsp3) is 0.462. The van der Waals surface area contributed by atoms with Crippen molar-refractivity contribution in [3.05, 3.63) is 23.3 Å². The van der Waals surface area contributed by atoms with Gasteiger partial charge in [-0.05, 0) is 38.5 Å². The van der Waals surface area contributed by atoms with Crippen LogP contribution in [0.15, 0.2) is 17.0 Å². The van der Waals surface area contributed by atoms with Crippen LogP contribution >= 0.6 is 0 Å². The number of carboxylic acids is 1. The number of sulfonamides is 1. The lowest BCUT2D eigenvalue weighted by Crippen LogP contribution is -2.39. The van der Waals surface area contributed by atoms with E-state index in [-0.39, 0.29) is 17.0 Å². The molecule has 0 fully saturated rings. The van der Waals surface area contributed by atoms with E-state index in [0.717, 1.165) is 12.1 Å². The first-order valence-corrected chi connectivity index (χ1v) is 7.60. The van der Waals surface area contributed by atoms with E-state index in [0.29, 0.717) is 0 Å². The second-order valence-corrected chi connectivity index (χ2v) is 6.96. The Labute approximate surface area is 123 Å². The Balaban J connectivity index is 3.20. The Bertz CT molecular complexity index is 651. The molecule has 0 aliphatic carbocycles. The van der Waals surface area contributed by atoms with Gasteiger partial charge >= 0.3 is 5.97 Å². The lowest BCUT2D eigenvalue weighted by Gasteiger charge is -2.23. The molecule has 1 aromatic carbocycles. The summed E-state index contributed by atoms with van der Waals surface area (Å²) in [5.74, 6) is -1.88. The normalized spacial score (nSPS) is 12.4. The minimum atomic E-state index is -3.91. The molecular formula is C13H19NO6S. The first-order valence-electron chi connectivity index (χ1n) is 6.12. The molecule has 0 aliphatic rings. The second kappa shape index (κ2) is 6.00. The summed E-state index contributed by atoms with van der Waals surface area (Å²) in [5.41, 5.74) is -0.916. The minimum Gasteiger partial charge on any atom is -0.507 e. The first-order chi connectivity index (χ1) is 9.50. The molecule has 21 heavy (non-hydrogen) atoms. The van der Waals surface area contributed by atoms with E-state index in [1.165, 1.54) is 14.0 Å². The summed E-state index contributed by atoms with van der Waals surface area (Å²) in [5, 5.41) is 18.5. The number of nitrogens with one attached hydrogen (secondary N) is 1. The van der Waals surface area contributed by atoms with E-state index in [1.54, 1.807) is 13.8 Å². The van der Waals surface area contributed by atoms with Crippen molar-refractivity contribution in [3.63, 3.8) is 0 Å². The van der Waals surface area contributed by atoms with Crippen molar-refractivity contribution in [1.82, 2.24) is 4.72 Å². The van der Waals surface area contributed by atoms with E-state index >= 15 is 0 Å². The van der Waals surface area contributed by atoms with Crippen LogP contribution < -0.4 is 4.72 Å². The maximum atomic E-state index is 12.3. The summed E-state index contributed by atoms with van der Waals surface area (Å²) >= 11 is 0. The predicted molar refractivity (Wildman–Crippen MR) is 76.1 cm³/mol. The van der Waals surface area contributed by atoms with Crippen molar-refractivity contribution in [2.24, 2.45) is 0 Å². The average molecular weight is 317 g/mol. The summed E-state index contributed by atoms with van der Waals surface area (Å²) < 4.78 is 32.0. The zero-order valence-corrected chi connectivity index (χ0v) is 13.1. The van der Waals surface area contributed by atoms with Crippen molar-refractivity contribution in [3.8, 4) is 5.75 Å². The van der Waals surface area contributed by atoms with E-state index in [4.69, 9.17) is 9.84 Å². The molecule has 0 atom stereocenters. The molecule has 0 spiro atoms. The van der Waals surface area contributed by atoms with Crippen LogP contribution in [0.2, 0.25) is 0 Å². The van der Waals surface area contributed by atoms with Gasteiger partial charge in [-0.3, -0.25) is 0 Å². The number of methoxy groups -OCH3 is 1. The number of aromatic hydroxyl groups is 1. The van der Waals surface area contributed by atoms with Crippen LogP contribution in [0.5, 0.6) is 5.75 Å². The van der Waals surface area contributed by atoms with Gasteiger partial charge in [0, 0.05) is 13.7 Å². The Morgan fingerprint density at radius 2 is 1.95 bits per heavy atom. The van der Waals surface area contributed by atoms with Gasteiger partial charge in [-0.2, -0.15) is 0 Å². The summed E-state index contributed by atoms with van der Waals surface area (Å²) in [6, 6.07) is 2.05. The van der Waals surface area contributed by atoms with Crippen molar-refractivity contribution >= 4 is 16.0 Å². The molecule has 118 valence electrons. The smallest absolute Gasteiger partial charge is 0.339 e. The Morgan fingerprint density at radius 3 is 2.43 bits per heavy atom. The van der Waals surface area contributed by atoms with Gasteiger partial charge in [0.25, 0.3) is 0 Å². The molecule has 0 saturated carbocycles. The van der Waals surface area contributed by atoms with Crippen LogP contribution in [0.25, 0.3) is 0 Å². The number of rotatable bonds is 6. The van der Waals surface area contributed by atoms with Crippen LogP contribution in [0, 0.1) is 6.92 Å². The maximum Gasteiger partial charge on any atom is 0.339 e. The number of aryl methyl sites for hydroxylation is 1. The topological polar surface area (TPSA) is 113 Å². The van der Waals surface area contributed by atoms with Gasteiger partial charge in [-0.25, -0.2) is 17.9 Å². The van der Waals surface area contributed by atoms with Gasteiger partial charge < -0.3 is 14.9 Å². The maximum absolute atomic E-state index is 12.3.